The van der Waals surface area contributed by atoms with Crippen molar-refractivity contribution in [2.75, 3.05) is 18.0 Å². The summed E-state index contributed by atoms with van der Waals surface area (Å²) in [5.74, 6) is 0. The van der Waals surface area contributed by atoms with Gasteiger partial charge < -0.3 is 16.4 Å². The van der Waals surface area contributed by atoms with Crippen molar-refractivity contribution in [1.82, 2.24) is 0 Å². The Morgan fingerprint density at radius 2 is 1.54 bits per heavy atom. The molecule has 0 aliphatic carbocycles. The Labute approximate surface area is 78.3 Å². The fourth-order valence-electron chi connectivity index (χ4n) is 1.70. The molecule has 3 nitrogen and oxygen atoms in total. The van der Waals surface area contributed by atoms with E-state index >= 15 is 0 Å². The minimum atomic E-state index is 0.111. The number of hydrogen-bond donors (Lipinski definition) is 2. The van der Waals surface area contributed by atoms with Crippen LogP contribution in [0.2, 0.25) is 0 Å². The van der Waals surface area contributed by atoms with Gasteiger partial charge in [0.1, 0.15) is 0 Å². The van der Waals surface area contributed by atoms with Crippen molar-refractivity contribution in [3.8, 4) is 0 Å². The van der Waals surface area contributed by atoms with Crippen molar-refractivity contribution in [2.45, 2.75) is 12.1 Å². The van der Waals surface area contributed by atoms with Crippen LogP contribution in [0.15, 0.2) is 30.3 Å². The molecule has 13 heavy (non-hydrogen) atoms. The van der Waals surface area contributed by atoms with E-state index < -0.39 is 0 Å². The van der Waals surface area contributed by atoms with Gasteiger partial charge in [0.05, 0.1) is 0 Å². The van der Waals surface area contributed by atoms with Gasteiger partial charge in [0.2, 0.25) is 0 Å². The molecule has 1 aromatic rings. The molecule has 1 fully saturated rings. The third-order valence-corrected chi connectivity index (χ3v) is 2.53. The molecule has 1 saturated heterocycles. The van der Waals surface area contributed by atoms with Crippen molar-refractivity contribution >= 4 is 5.69 Å². The summed E-state index contributed by atoms with van der Waals surface area (Å²) in [5.41, 5.74) is 12.9. The van der Waals surface area contributed by atoms with Gasteiger partial charge in [-0.15, -0.1) is 0 Å². The largest absolute Gasteiger partial charge is 0.368 e. The molecule has 4 N–H and O–H groups in total. The van der Waals surface area contributed by atoms with Crippen LogP contribution in [0, 0.1) is 0 Å². The Morgan fingerprint density at radius 1 is 1.00 bits per heavy atom. The molecule has 2 atom stereocenters. The zero-order valence-electron chi connectivity index (χ0n) is 7.56. The SMILES string of the molecule is N[C@@H]1CN(c2ccccc2)C[C@H]1N. The fraction of sp³-hybridized carbons (Fsp3) is 0.400. The van der Waals surface area contributed by atoms with E-state index in [2.05, 4.69) is 17.0 Å². The lowest BCUT2D eigenvalue weighted by Gasteiger charge is -2.17. The number of rotatable bonds is 1. The van der Waals surface area contributed by atoms with E-state index in [4.69, 9.17) is 11.5 Å². The van der Waals surface area contributed by atoms with E-state index in [0.717, 1.165) is 13.1 Å². The zero-order chi connectivity index (χ0) is 9.26. The highest BCUT2D eigenvalue weighted by Crippen LogP contribution is 2.17. The van der Waals surface area contributed by atoms with E-state index in [9.17, 15) is 0 Å². The molecule has 2 rings (SSSR count). The third kappa shape index (κ3) is 1.66. The Balaban J connectivity index is 2.12. The van der Waals surface area contributed by atoms with Crippen LogP contribution >= 0.6 is 0 Å². The number of hydrogen-bond acceptors (Lipinski definition) is 3. The molecule has 1 aliphatic rings. The van der Waals surface area contributed by atoms with Crippen molar-refractivity contribution in [3.05, 3.63) is 30.3 Å². The molecule has 70 valence electrons. The monoisotopic (exact) mass is 177 g/mol. The van der Waals surface area contributed by atoms with Crippen LogP contribution < -0.4 is 16.4 Å². The average molecular weight is 177 g/mol. The van der Waals surface area contributed by atoms with Gasteiger partial charge in [-0.25, -0.2) is 0 Å². The summed E-state index contributed by atoms with van der Waals surface area (Å²) >= 11 is 0. The molecule has 0 aromatic heterocycles. The minimum absolute atomic E-state index is 0.111. The average Bonchev–Trinajstić information content (AvgIpc) is 2.49. The summed E-state index contributed by atoms with van der Waals surface area (Å²) in [6.07, 6.45) is 0. The van der Waals surface area contributed by atoms with Gasteiger partial charge in [0, 0.05) is 30.9 Å². The first-order chi connectivity index (χ1) is 6.27. The molecular formula is C10H15N3. The van der Waals surface area contributed by atoms with Gasteiger partial charge >= 0.3 is 0 Å². The molecule has 1 heterocycles. The summed E-state index contributed by atoms with van der Waals surface area (Å²) in [6, 6.07) is 10.5. The maximum Gasteiger partial charge on any atom is 0.0388 e. The lowest BCUT2D eigenvalue weighted by molar-refractivity contribution is 0.642. The third-order valence-electron chi connectivity index (χ3n) is 2.53. The lowest BCUT2D eigenvalue weighted by atomic mass is 10.2. The van der Waals surface area contributed by atoms with E-state index in [1.54, 1.807) is 0 Å². The molecule has 0 radical (unpaired) electrons. The molecule has 0 saturated carbocycles. The number of nitrogens with two attached hydrogens (primary N) is 2. The second kappa shape index (κ2) is 3.36. The van der Waals surface area contributed by atoms with Gasteiger partial charge in [0.15, 0.2) is 0 Å². The number of anilines is 1. The first-order valence-electron chi connectivity index (χ1n) is 4.58. The zero-order valence-corrected chi connectivity index (χ0v) is 7.56. The second-order valence-electron chi connectivity index (χ2n) is 3.57. The molecule has 0 bridgehead atoms. The maximum atomic E-state index is 5.84. The van der Waals surface area contributed by atoms with Gasteiger partial charge in [0.25, 0.3) is 0 Å². The second-order valence-corrected chi connectivity index (χ2v) is 3.57. The summed E-state index contributed by atoms with van der Waals surface area (Å²) in [4.78, 5) is 2.23. The van der Waals surface area contributed by atoms with E-state index in [0.29, 0.717) is 0 Å². The first-order valence-corrected chi connectivity index (χ1v) is 4.58. The van der Waals surface area contributed by atoms with Gasteiger partial charge in [-0.05, 0) is 12.1 Å². The predicted octanol–water partition coefficient (Wildman–Crippen LogP) is 0.161. The summed E-state index contributed by atoms with van der Waals surface area (Å²) in [7, 11) is 0. The van der Waals surface area contributed by atoms with Crippen molar-refractivity contribution in [2.24, 2.45) is 11.5 Å². The van der Waals surface area contributed by atoms with Crippen LogP contribution in [-0.2, 0) is 0 Å². The molecule has 1 aromatic carbocycles. The number of para-hydroxylation sites is 1. The highest BCUT2D eigenvalue weighted by molar-refractivity contribution is 5.47. The topological polar surface area (TPSA) is 55.3 Å². The summed E-state index contributed by atoms with van der Waals surface area (Å²) in [5, 5.41) is 0. The molecule has 0 unspecified atom stereocenters. The summed E-state index contributed by atoms with van der Waals surface area (Å²) in [6.45, 7) is 1.73. The highest BCUT2D eigenvalue weighted by Gasteiger charge is 2.26. The minimum Gasteiger partial charge on any atom is -0.368 e. The standard InChI is InChI=1S/C10H15N3/c11-9-6-13(7-10(9)12)8-4-2-1-3-5-8/h1-5,9-10H,6-7,11-12H2/t9-,10-/m1/s1. The van der Waals surface area contributed by atoms with Crippen LogP contribution in [0.3, 0.4) is 0 Å². The molecule has 1 aliphatic heterocycles. The molecule has 0 amide bonds. The fourth-order valence-corrected chi connectivity index (χ4v) is 1.70. The summed E-state index contributed by atoms with van der Waals surface area (Å²) < 4.78 is 0. The highest BCUT2D eigenvalue weighted by atomic mass is 15.2. The van der Waals surface area contributed by atoms with Crippen LogP contribution in [-0.4, -0.2) is 25.2 Å². The van der Waals surface area contributed by atoms with Crippen LogP contribution in [0.1, 0.15) is 0 Å². The molecule has 0 spiro atoms. The van der Waals surface area contributed by atoms with Crippen LogP contribution in [0.4, 0.5) is 5.69 Å². The number of nitrogens with zero attached hydrogens (tertiary/aromatic N) is 1. The Kier molecular flexibility index (Phi) is 2.20. The van der Waals surface area contributed by atoms with Gasteiger partial charge in [-0.1, -0.05) is 18.2 Å². The van der Waals surface area contributed by atoms with Crippen LogP contribution in [0.25, 0.3) is 0 Å². The normalized spacial score (nSPS) is 28.0. The van der Waals surface area contributed by atoms with Crippen molar-refractivity contribution in [3.63, 3.8) is 0 Å². The molecule has 3 heteroatoms. The van der Waals surface area contributed by atoms with Crippen LogP contribution in [0.5, 0.6) is 0 Å². The van der Waals surface area contributed by atoms with E-state index in [-0.39, 0.29) is 12.1 Å². The lowest BCUT2D eigenvalue weighted by Crippen LogP contribution is -2.39. The van der Waals surface area contributed by atoms with E-state index in [1.165, 1.54) is 5.69 Å². The Morgan fingerprint density at radius 3 is 2.08 bits per heavy atom. The molecular weight excluding hydrogens is 162 g/mol. The number of benzene rings is 1. The van der Waals surface area contributed by atoms with Gasteiger partial charge in [-0.2, -0.15) is 0 Å². The Bertz CT molecular complexity index is 263. The predicted molar refractivity (Wildman–Crippen MR) is 54.6 cm³/mol. The van der Waals surface area contributed by atoms with Crippen molar-refractivity contribution in [1.29, 1.82) is 0 Å². The first kappa shape index (κ1) is 8.53. The van der Waals surface area contributed by atoms with Gasteiger partial charge in [-0.3, -0.25) is 0 Å². The van der Waals surface area contributed by atoms with E-state index in [1.807, 2.05) is 18.2 Å². The quantitative estimate of drug-likeness (QED) is 0.642. The smallest absolute Gasteiger partial charge is 0.0388 e. The maximum absolute atomic E-state index is 5.84. The Hall–Kier alpha value is -1.06. The van der Waals surface area contributed by atoms with Crippen molar-refractivity contribution < 1.29 is 0 Å².